The molecule has 0 bridgehead atoms. The molecule has 2 N–H and O–H groups in total. The lowest BCUT2D eigenvalue weighted by molar-refractivity contribution is 0.0950. The monoisotopic (exact) mass is 452 g/mol. The summed E-state index contributed by atoms with van der Waals surface area (Å²) in [5.41, 5.74) is 4.20. The van der Waals surface area contributed by atoms with Crippen molar-refractivity contribution in [2.24, 2.45) is 0 Å². The maximum absolute atomic E-state index is 12.9. The van der Waals surface area contributed by atoms with Gasteiger partial charge in [-0.3, -0.25) is 9.52 Å². The van der Waals surface area contributed by atoms with Crippen LogP contribution in [0.1, 0.15) is 39.5 Å². The minimum atomic E-state index is -3.77. The van der Waals surface area contributed by atoms with E-state index in [-0.39, 0.29) is 10.8 Å². The fraction of sp³-hybridized carbons (Fsp3) is 0.240. The molecule has 0 spiro atoms. The first-order valence-electron chi connectivity index (χ1n) is 10.4. The Morgan fingerprint density at radius 3 is 2.44 bits per heavy atom. The van der Waals surface area contributed by atoms with Crippen molar-refractivity contribution < 1.29 is 17.9 Å². The van der Waals surface area contributed by atoms with E-state index in [2.05, 4.69) is 10.0 Å². The molecule has 168 valence electrons. The molecule has 0 aliphatic heterocycles. The molecule has 3 aromatic carbocycles. The predicted molar refractivity (Wildman–Crippen MR) is 126 cm³/mol. The maximum atomic E-state index is 12.9. The van der Waals surface area contributed by atoms with Crippen LogP contribution in [-0.4, -0.2) is 20.9 Å². The molecule has 0 saturated carbocycles. The van der Waals surface area contributed by atoms with Gasteiger partial charge in [-0.15, -0.1) is 0 Å². The molecule has 7 heteroatoms. The number of amides is 1. The molecular weight excluding hydrogens is 424 g/mol. The molecule has 1 amide bonds. The van der Waals surface area contributed by atoms with Crippen LogP contribution in [0, 0.1) is 13.8 Å². The number of carbonyl (C=O) groups is 1. The molecule has 3 rings (SSSR count). The highest BCUT2D eigenvalue weighted by Crippen LogP contribution is 2.21. The second kappa shape index (κ2) is 10.4. The molecule has 0 aliphatic rings. The van der Waals surface area contributed by atoms with Gasteiger partial charge in [-0.1, -0.05) is 42.5 Å². The number of aryl methyl sites for hydroxylation is 2. The number of nitrogens with one attached hydrogen (secondary N) is 2. The summed E-state index contributed by atoms with van der Waals surface area (Å²) in [7, 11) is -3.77. The highest BCUT2D eigenvalue weighted by molar-refractivity contribution is 7.92. The summed E-state index contributed by atoms with van der Waals surface area (Å²) < 4.78 is 33.8. The molecule has 0 radical (unpaired) electrons. The zero-order chi connectivity index (χ0) is 23.1. The molecule has 6 nitrogen and oxygen atoms in total. The van der Waals surface area contributed by atoms with Crippen LogP contribution in [0.15, 0.2) is 71.6 Å². The van der Waals surface area contributed by atoms with Crippen LogP contribution in [0.5, 0.6) is 0 Å². The van der Waals surface area contributed by atoms with Crippen molar-refractivity contribution in [3.05, 3.63) is 94.5 Å². The number of anilines is 1. The molecule has 0 unspecified atom stereocenters. The average Bonchev–Trinajstić information content (AvgIpc) is 2.78. The first-order valence-corrected chi connectivity index (χ1v) is 11.9. The number of hydrogen-bond donors (Lipinski definition) is 2. The topological polar surface area (TPSA) is 84.5 Å². The van der Waals surface area contributed by atoms with Crippen LogP contribution in [-0.2, 0) is 27.9 Å². The summed E-state index contributed by atoms with van der Waals surface area (Å²) in [4.78, 5) is 12.9. The lowest BCUT2D eigenvalue weighted by atomic mass is 10.1. The van der Waals surface area contributed by atoms with Gasteiger partial charge in [-0.25, -0.2) is 8.42 Å². The van der Waals surface area contributed by atoms with E-state index in [4.69, 9.17) is 4.74 Å². The van der Waals surface area contributed by atoms with E-state index in [0.29, 0.717) is 36.6 Å². The molecular formula is C25H28N2O4S. The van der Waals surface area contributed by atoms with Gasteiger partial charge in [0.2, 0.25) is 0 Å². The van der Waals surface area contributed by atoms with Gasteiger partial charge < -0.3 is 10.1 Å². The zero-order valence-corrected chi connectivity index (χ0v) is 19.3. The van der Waals surface area contributed by atoms with Crippen LogP contribution < -0.4 is 10.0 Å². The first-order chi connectivity index (χ1) is 15.3. The molecule has 0 saturated heterocycles. The highest BCUT2D eigenvalue weighted by atomic mass is 32.2. The third kappa shape index (κ3) is 5.96. The quantitative estimate of drug-likeness (QED) is 0.498. The zero-order valence-electron chi connectivity index (χ0n) is 18.5. The molecule has 0 fully saturated rings. The number of carbonyl (C=O) groups excluding carboxylic acids is 1. The van der Waals surface area contributed by atoms with Crippen molar-refractivity contribution in [1.82, 2.24) is 5.32 Å². The second-order valence-corrected chi connectivity index (χ2v) is 9.19. The smallest absolute Gasteiger partial charge is 0.262 e. The summed E-state index contributed by atoms with van der Waals surface area (Å²) in [6, 6.07) is 19.5. The van der Waals surface area contributed by atoms with Gasteiger partial charge in [0.05, 0.1) is 11.5 Å². The number of benzene rings is 3. The summed E-state index contributed by atoms with van der Waals surface area (Å²) in [6.45, 7) is 6.98. The summed E-state index contributed by atoms with van der Waals surface area (Å²) in [6.07, 6.45) is 0. The Morgan fingerprint density at radius 2 is 1.69 bits per heavy atom. The Morgan fingerprint density at radius 1 is 0.938 bits per heavy atom. The van der Waals surface area contributed by atoms with E-state index in [0.717, 1.165) is 16.7 Å². The summed E-state index contributed by atoms with van der Waals surface area (Å²) in [5, 5.41) is 2.90. The SMILES string of the molecule is CCOCc1ccccc1CNC(=O)c1cccc(NS(=O)(=O)c2cc(C)ccc2C)c1. The highest BCUT2D eigenvalue weighted by Gasteiger charge is 2.18. The van der Waals surface area contributed by atoms with Crippen molar-refractivity contribution in [3.63, 3.8) is 0 Å². The second-order valence-electron chi connectivity index (χ2n) is 7.54. The van der Waals surface area contributed by atoms with Crippen molar-refractivity contribution in [3.8, 4) is 0 Å². The average molecular weight is 453 g/mol. The van der Waals surface area contributed by atoms with E-state index in [1.54, 1.807) is 37.3 Å². The van der Waals surface area contributed by atoms with Crippen LogP contribution in [0.2, 0.25) is 0 Å². The fourth-order valence-corrected chi connectivity index (χ4v) is 4.67. The van der Waals surface area contributed by atoms with E-state index >= 15 is 0 Å². The van der Waals surface area contributed by atoms with Crippen molar-refractivity contribution >= 4 is 21.6 Å². The van der Waals surface area contributed by atoms with Gasteiger partial charge in [0, 0.05) is 24.4 Å². The Bertz CT molecular complexity index is 1210. The van der Waals surface area contributed by atoms with Gasteiger partial charge >= 0.3 is 0 Å². The Labute approximate surface area is 189 Å². The van der Waals surface area contributed by atoms with Crippen molar-refractivity contribution in [2.75, 3.05) is 11.3 Å². The lowest BCUT2D eigenvalue weighted by Gasteiger charge is -2.13. The number of hydrogen-bond acceptors (Lipinski definition) is 4. The lowest BCUT2D eigenvalue weighted by Crippen LogP contribution is -2.23. The van der Waals surface area contributed by atoms with Gasteiger partial charge in [0.1, 0.15) is 0 Å². The van der Waals surface area contributed by atoms with E-state index in [1.807, 2.05) is 44.2 Å². The van der Waals surface area contributed by atoms with Gasteiger partial charge in [0.25, 0.3) is 15.9 Å². The summed E-state index contributed by atoms with van der Waals surface area (Å²) in [5.74, 6) is -0.288. The number of ether oxygens (including phenoxy) is 1. The predicted octanol–water partition coefficient (Wildman–Crippen LogP) is 4.57. The molecule has 0 heterocycles. The van der Waals surface area contributed by atoms with E-state index in [9.17, 15) is 13.2 Å². The molecule has 32 heavy (non-hydrogen) atoms. The maximum Gasteiger partial charge on any atom is 0.262 e. The molecule has 0 aromatic heterocycles. The van der Waals surface area contributed by atoms with Crippen LogP contribution in [0.3, 0.4) is 0 Å². The minimum Gasteiger partial charge on any atom is -0.377 e. The third-order valence-electron chi connectivity index (χ3n) is 5.03. The van der Waals surface area contributed by atoms with Gasteiger partial charge in [0.15, 0.2) is 0 Å². The first kappa shape index (κ1) is 23.5. The molecule has 0 atom stereocenters. The minimum absolute atomic E-state index is 0.221. The van der Waals surface area contributed by atoms with Crippen molar-refractivity contribution in [1.29, 1.82) is 0 Å². The Balaban J connectivity index is 1.72. The van der Waals surface area contributed by atoms with Crippen LogP contribution >= 0.6 is 0 Å². The van der Waals surface area contributed by atoms with Gasteiger partial charge in [-0.2, -0.15) is 0 Å². The molecule has 0 aliphatic carbocycles. The van der Waals surface area contributed by atoms with E-state index in [1.165, 1.54) is 6.07 Å². The van der Waals surface area contributed by atoms with E-state index < -0.39 is 10.0 Å². The molecule has 3 aromatic rings. The fourth-order valence-electron chi connectivity index (χ4n) is 3.29. The summed E-state index contributed by atoms with van der Waals surface area (Å²) >= 11 is 0. The third-order valence-corrected chi connectivity index (χ3v) is 6.55. The number of rotatable bonds is 9. The Kier molecular flexibility index (Phi) is 7.66. The Hall–Kier alpha value is -3.16. The van der Waals surface area contributed by atoms with Gasteiger partial charge in [-0.05, 0) is 67.3 Å². The largest absolute Gasteiger partial charge is 0.377 e. The van der Waals surface area contributed by atoms with Crippen LogP contribution in [0.4, 0.5) is 5.69 Å². The number of sulfonamides is 1. The standard InChI is InChI=1S/C25H28N2O4S/c1-4-31-17-22-9-6-5-8-21(22)16-26-25(28)20-10-7-11-23(15-20)27-32(29,30)24-14-18(2)12-13-19(24)3/h5-15,27H,4,16-17H2,1-3H3,(H,26,28). The normalized spacial score (nSPS) is 11.2. The van der Waals surface area contributed by atoms with Crippen LogP contribution in [0.25, 0.3) is 0 Å². The van der Waals surface area contributed by atoms with Crippen molar-refractivity contribution in [2.45, 2.75) is 38.8 Å².